The van der Waals surface area contributed by atoms with Gasteiger partial charge in [0.15, 0.2) is 11.1 Å². The van der Waals surface area contributed by atoms with Crippen LogP contribution in [-0.4, -0.2) is 9.25 Å². The first kappa shape index (κ1) is 25.3. The lowest BCUT2D eigenvalue weighted by atomic mass is 9.84. The van der Waals surface area contributed by atoms with Gasteiger partial charge in [0, 0.05) is 16.8 Å². The summed E-state index contributed by atoms with van der Waals surface area (Å²) in [5.74, 6) is 2.93. The van der Waals surface area contributed by atoms with Gasteiger partial charge in [-0.15, -0.1) is 4.68 Å². The van der Waals surface area contributed by atoms with Crippen molar-refractivity contribution < 1.29 is 14.0 Å². The zero-order valence-corrected chi connectivity index (χ0v) is 26.3. The number of benzene rings is 5. The van der Waals surface area contributed by atoms with Gasteiger partial charge in [0.05, 0.1) is 17.5 Å². The van der Waals surface area contributed by atoms with Gasteiger partial charge < -0.3 is 4.74 Å². The molecule has 1 spiro atoms. The molecule has 5 heteroatoms. The molecule has 3 aliphatic rings. The first-order valence-electron chi connectivity index (χ1n) is 16.3. The maximum atomic E-state index is 6.85. The number of aryl methyl sites for hydroxylation is 1. The number of fused-ring (bicyclic) bond motifs is 7. The lowest BCUT2D eigenvalue weighted by Crippen LogP contribution is -2.76. The minimum atomic E-state index is -0.693. The van der Waals surface area contributed by atoms with Gasteiger partial charge in [0.1, 0.15) is 28.3 Å². The van der Waals surface area contributed by atoms with E-state index in [-0.39, 0.29) is 0 Å². The lowest BCUT2D eigenvalue weighted by Gasteiger charge is -2.32. The van der Waals surface area contributed by atoms with E-state index in [1.807, 2.05) is 0 Å². The van der Waals surface area contributed by atoms with Crippen LogP contribution >= 0.6 is 0 Å². The van der Waals surface area contributed by atoms with E-state index in [4.69, 9.17) is 4.74 Å². The van der Waals surface area contributed by atoms with Gasteiger partial charge >= 0.3 is 5.66 Å². The summed E-state index contributed by atoms with van der Waals surface area (Å²) < 4.78 is 16.7. The predicted molar refractivity (Wildman–Crippen MR) is 184 cm³/mol. The van der Waals surface area contributed by atoms with Crippen LogP contribution in [0.2, 0.25) is 0 Å². The van der Waals surface area contributed by atoms with Crippen LogP contribution in [0.5, 0.6) is 11.5 Å². The van der Waals surface area contributed by atoms with Crippen LogP contribution < -0.4 is 14.0 Å². The van der Waals surface area contributed by atoms with E-state index < -0.39 is 5.66 Å². The Morgan fingerprint density at radius 3 is 2.36 bits per heavy atom. The Balaban J connectivity index is 1.31. The van der Waals surface area contributed by atoms with Crippen molar-refractivity contribution in [3.63, 3.8) is 0 Å². The summed E-state index contributed by atoms with van der Waals surface area (Å²) in [5, 5.41) is 2.49. The van der Waals surface area contributed by atoms with Crippen molar-refractivity contribution in [2.45, 2.75) is 26.4 Å². The van der Waals surface area contributed by atoms with Gasteiger partial charge in [0.2, 0.25) is 6.20 Å². The van der Waals surface area contributed by atoms with Crippen molar-refractivity contribution in [3.05, 3.63) is 156 Å². The largest absolute Gasteiger partial charge is 0.456 e. The molecule has 6 heterocycles. The summed E-state index contributed by atoms with van der Waals surface area (Å²) in [5.41, 5.74) is 14.0. The van der Waals surface area contributed by atoms with Gasteiger partial charge in [-0.25, -0.2) is 0 Å². The van der Waals surface area contributed by atoms with Crippen molar-refractivity contribution in [1.82, 2.24) is 9.25 Å². The van der Waals surface area contributed by atoms with Gasteiger partial charge in [-0.2, -0.15) is 9.13 Å². The molecule has 0 N–H and O–H groups in total. The Labute approximate surface area is 271 Å². The van der Waals surface area contributed by atoms with E-state index in [0.717, 1.165) is 23.0 Å². The molecule has 0 radical (unpaired) electrons. The third kappa shape index (κ3) is 2.80. The fourth-order valence-corrected chi connectivity index (χ4v) is 9.07. The first-order chi connectivity index (χ1) is 23.1. The highest BCUT2D eigenvalue weighted by molar-refractivity contribution is 6.11. The molecule has 5 aromatic carbocycles. The minimum absolute atomic E-state index is 0.693. The smallest absolute Gasteiger partial charge is 0.397 e. The van der Waals surface area contributed by atoms with E-state index in [1.165, 1.54) is 72.0 Å². The van der Waals surface area contributed by atoms with Crippen molar-refractivity contribution in [1.29, 1.82) is 0 Å². The summed E-state index contributed by atoms with van der Waals surface area (Å²) in [6, 6.07) is 41.5. The average molecular weight is 607 g/mol. The Morgan fingerprint density at radius 2 is 1.47 bits per heavy atom. The van der Waals surface area contributed by atoms with E-state index >= 15 is 0 Å². The molecule has 0 bridgehead atoms. The number of rotatable bonds is 2. The molecular formula is C42H30N4O+2. The summed E-state index contributed by atoms with van der Waals surface area (Å²) >= 11 is 0. The van der Waals surface area contributed by atoms with Gasteiger partial charge in [0.25, 0.3) is 5.82 Å². The molecule has 0 fully saturated rings. The molecule has 1 atom stereocenters. The molecular weight excluding hydrogens is 576 g/mol. The zero-order valence-electron chi connectivity index (χ0n) is 26.3. The third-order valence-electron chi connectivity index (χ3n) is 10.9. The number of aromatic nitrogens is 4. The molecule has 47 heavy (non-hydrogen) atoms. The van der Waals surface area contributed by atoms with Crippen molar-refractivity contribution in [2.24, 2.45) is 0 Å². The van der Waals surface area contributed by atoms with Crippen LogP contribution in [0.4, 0.5) is 0 Å². The Kier molecular flexibility index (Phi) is 4.54. The number of para-hydroxylation sites is 1. The second-order valence-electron chi connectivity index (χ2n) is 13.1. The molecule has 0 saturated heterocycles. The average Bonchev–Trinajstić information content (AvgIpc) is 3.72. The summed E-state index contributed by atoms with van der Waals surface area (Å²) in [6.45, 7) is 6.79. The normalized spacial score (nSPS) is 16.2. The number of hydrogen-bond donors (Lipinski definition) is 0. The predicted octanol–water partition coefficient (Wildman–Crippen LogP) is 8.44. The Morgan fingerprint density at radius 1 is 0.660 bits per heavy atom. The lowest BCUT2D eigenvalue weighted by molar-refractivity contribution is -0.993. The quantitative estimate of drug-likeness (QED) is 0.182. The van der Waals surface area contributed by atoms with E-state index in [2.05, 4.69) is 167 Å². The van der Waals surface area contributed by atoms with Crippen LogP contribution in [0.25, 0.3) is 55.6 Å². The van der Waals surface area contributed by atoms with E-state index in [0.29, 0.717) is 0 Å². The second-order valence-corrected chi connectivity index (χ2v) is 13.1. The van der Waals surface area contributed by atoms with Crippen molar-refractivity contribution >= 4 is 21.8 Å². The fourth-order valence-electron chi connectivity index (χ4n) is 9.07. The molecule has 222 valence electrons. The highest BCUT2D eigenvalue weighted by Crippen LogP contribution is 2.55. The standard InChI is InChI=1S/C42H30N4O/c1-25-19-20-29(28-12-5-4-6-13-28)26(2)38(25)32-24-44-42-39-34(46(44)27(32)3)16-11-17-35(39)47-36-22-21-31-30-14-7-8-15-33(30)45(41(31)40(36)42)37-18-9-10-23-43(37)42/h4-24H,1-3H3/q+2. The molecule has 0 aliphatic carbocycles. The molecule has 1 unspecified atom stereocenters. The van der Waals surface area contributed by atoms with Gasteiger partial charge in [-0.1, -0.05) is 71.4 Å². The number of pyridine rings is 1. The Hall–Kier alpha value is -5.94. The van der Waals surface area contributed by atoms with Crippen LogP contribution in [0.15, 0.2) is 128 Å². The molecule has 0 amide bonds. The van der Waals surface area contributed by atoms with Crippen LogP contribution in [0, 0.1) is 20.8 Å². The Bertz CT molecular complexity index is 2700. The first-order valence-corrected chi connectivity index (χ1v) is 16.3. The molecule has 5 nitrogen and oxygen atoms in total. The van der Waals surface area contributed by atoms with Gasteiger partial charge in [-0.05, 0) is 91.1 Å². The molecule has 0 saturated carbocycles. The SMILES string of the molecule is Cc1ccc(-c2ccccc2)c(C)c1-c1c[n+]2n(c1C)-c1cccc3c1C21c2c(ccc4c5ccccc5n(c24)-c2cccc[n+]21)O3. The maximum Gasteiger partial charge on any atom is 0.397 e. The third-order valence-corrected chi connectivity index (χ3v) is 10.9. The zero-order chi connectivity index (χ0) is 31.2. The summed E-state index contributed by atoms with van der Waals surface area (Å²) in [7, 11) is 0. The molecule has 3 aliphatic heterocycles. The van der Waals surface area contributed by atoms with Crippen molar-refractivity contribution in [2.75, 3.05) is 0 Å². The topological polar surface area (TPSA) is 26.8 Å². The maximum absolute atomic E-state index is 6.85. The molecule has 8 aromatic rings. The number of nitrogens with zero attached hydrogens (tertiary/aromatic N) is 4. The van der Waals surface area contributed by atoms with Gasteiger partial charge in [-0.3, -0.25) is 0 Å². The second kappa shape index (κ2) is 8.45. The summed E-state index contributed by atoms with van der Waals surface area (Å²) in [6.07, 6.45) is 4.65. The summed E-state index contributed by atoms with van der Waals surface area (Å²) in [4.78, 5) is 0. The monoisotopic (exact) mass is 606 g/mol. The fraction of sp³-hybridized carbons (Fsp3) is 0.0952. The number of hydrogen-bond acceptors (Lipinski definition) is 1. The van der Waals surface area contributed by atoms with Crippen LogP contribution in [0.1, 0.15) is 27.9 Å². The van der Waals surface area contributed by atoms with Crippen LogP contribution in [-0.2, 0) is 5.66 Å². The van der Waals surface area contributed by atoms with E-state index in [9.17, 15) is 0 Å². The van der Waals surface area contributed by atoms with Crippen LogP contribution in [0.3, 0.4) is 0 Å². The highest BCUT2D eigenvalue weighted by atomic mass is 16.5. The number of ether oxygens (including phenoxy) is 1. The minimum Gasteiger partial charge on any atom is -0.456 e. The highest BCUT2D eigenvalue weighted by Gasteiger charge is 2.69. The van der Waals surface area contributed by atoms with Crippen molar-refractivity contribution in [3.8, 4) is 45.3 Å². The molecule has 11 rings (SSSR count). The molecule has 3 aromatic heterocycles. The van der Waals surface area contributed by atoms with E-state index in [1.54, 1.807) is 0 Å².